The number of hydrogen-bond donors (Lipinski definition) is 1. The second-order valence-corrected chi connectivity index (χ2v) is 7.28. The van der Waals surface area contributed by atoms with Crippen LogP contribution in [0.1, 0.15) is 12.0 Å². The van der Waals surface area contributed by atoms with Crippen molar-refractivity contribution in [3.8, 4) is 5.75 Å². The van der Waals surface area contributed by atoms with Gasteiger partial charge in [-0.15, -0.1) is 11.3 Å². The van der Waals surface area contributed by atoms with Crippen molar-refractivity contribution in [3.05, 3.63) is 47.3 Å². The molecule has 1 fully saturated rings. The Morgan fingerprint density at radius 3 is 2.73 bits per heavy atom. The quantitative estimate of drug-likeness (QED) is 0.481. The van der Waals surface area contributed by atoms with Gasteiger partial charge in [0.05, 0.1) is 12.1 Å². The molecule has 0 aliphatic carbocycles. The van der Waals surface area contributed by atoms with Gasteiger partial charge in [-0.25, -0.2) is 0 Å². The van der Waals surface area contributed by atoms with Crippen LogP contribution in [0.5, 0.6) is 5.75 Å². The first-order valence-corrected chi connectivity index (χ1v) is 10.0. The number of hydrogen-bond acceptors (Lipinski definition) is 4. The average Bonchev–Trinajstić information content (AvgIpc) is 3.23. The smallest absolute Gasteiger partial charge is 0.193 e. The van der Waals surface area contributed by atoms with Gasteiger partial charge in [0.1, 0.15) is 5.75 Å². The van der Waals surface area contributed by atoms with Crippen LogP contribution in [0.4, 0.5) is 5.00 Å². The highest BCUT2D eigenvalue weighted by Crippen LogP contribution is 2.22. The van der Waals surface area contributed by atoms with E-state index in [1.165, 1.54) is 10.6 Å². The van der Waals surface area contributed by atoms with E-state index in [9.17, 15) is 0 Å². The van der Waals surface area contributed by atoms with Crippen molar-refractivity contribution in [2.24, 2.45) is 4.99 Å². The van der Waals surface area contributed by atoms with Crippen molar-refractivity contribution >= 4 is 22.3 Å². The first-order valence-electron chi connectivity index (χ1n) is 9.17. The minimum atomic E-state index is 0.926. The fraction of sp³-hybridized carbons (Fsp3) is 0.450. The van der Waals surface area contributed by atoms with Gasteiger partial charge in [-0.2, -0.15) is 0 Å². The topological polar surface area (TPSA) is 40.1 Å². The standard InChI is InChI=1S/C20H28N4OS/c1-21-20(22-10-4-7-17-6-3-8-18(16-17)25-2)24-13-11-23(12-14-24)19-9-5-15-26-19/h3,5-6,8-9,15-16H,4,7,10-14H2,1-2H3,(H,21,22). The number of thiophene rings is 1. The lowest BCUT2D eigenvalue weighted by molar-refractivity contribution is 0.373. The Morgan fingerprint density at radius 2 is 2.04 bits per heavy atom. The molecule has 140 valence electrons. The summed E-state index contributed by atoms with van der Waals surface area (Å²) in [6.07, 6.45) is 2.11. The van der Waals surface area contributed by atoms with Crippen LogP contribution < -0.4 is 15.0 Å². The molecular formula is C20H28N4OS. The molecule has 0 amide bonds. The summed E-state index contributed by atoms with van der Waals surface area (Å²) < 4.78 is 5.29. The van der Waals surface area contributed by atoms with Crippen molar-refractivity contribution in [2.45, 2.75) is 12.8 Å². The third kappa shape index (κ3) is 4.91. The van der Waals surface area contributed by atoms with E-state index in [2.05, 4.69) is 49.8 Å². The molecule has 2 aromatic rings. The molecule has 1 N–H and O–H groups in total. The van der Waals surface area contributed by atoms with E-state index < -0.39 is 0 Å². The molecule has 26 heavy (non-hydrogen) atoms. The van der Waals surface area contributed by atoms with Gasteiger partial charge in [0.2, 0.25) is 0 Å². The number of aliphatic imine (C=N–C) groups is 1. The molecule has 6 heteroatoms. The number of guanidine groups is 1. The number of anilines is 1. The molecule has 0 saturated carbocycles. The maximum atomic E-state index is 5.29. The largest absolute Gasteiger partial charge is 0.497 e. The van der Waals surface area contributed by atoms with Crippen LogP contribution in [-0.2, 0) is 6.42 Å². The molecule has 0 unspecified atom stereocenters. The zero-order valence-electron chi connectivity index (χ0n) is 15.6. The maximum Gasteiger partial charge on any atom is 0.193 e. The second kappa shape index (κ2) is 9.48. The average molecular weight is 373 g/mol. The summed E-state index contributed by atoms with van der Waals surface area (Å²) in [6.45, 7) is 5.03. The molecule has 1 saturated heterocycles. The van der Waals surface area contributed by atoms with Gasteiger partial charge in [-0.3, -0.25) is 4.99 Å². The fourth-order valence-electron chi connectivity index (χ4n) is 3.24. The van der Waals surface area contributed by atoms with Gasteiger partial charge in [0.15, 0.2) is 5.96 Å². The lowest BCUT2D eigenvalue weighted by Gasteiger charge is -2.37. The van der Waals surface area contributed by atoms with E-state index in [4.69, 9.17) is 4.74 Å². The highest BCUT2D eigenvalue weighted by atomic mass is 32.1. The summed E-state index contributed by atoms with van der Waals surface area (Å²) in [5, 5.41) is 7.03. The molecule has 1 aliphatic heterocycles. The van der Waals surface area contributed by atoms with Crippen molar-refractivity contribution in [1.29, 1.82) is 0 Å². The Balaban J connectivity index is 1.41. The molecule has 2 heterocycles. The number of benzene rings is 1. The molecule has 0 atom stereocenters. The first-order chi connectivity index (χ1) is 12.8. The van der Waals surface area contributed by atoms with Gasteiger partial charge < -0.3 is 19.9 Å². The van der Waals surface area contributed by atoms with Crippen molar-refractivity contribution in [2.75, 3.05) is 51.8 Å². The van der Waals surface area contributed by atoms with Gasteiger partial charge in [-0.05, 0) is 48.1 Å². The minimum absolute atomic E-state index is 0.926. The SMILES string of the molecule is CN=C(NCCCc1cccc(OC)c1)N1CCN(c2cccs2)CC1. The predicted octanol–water partition coefficient (Wildman–Crippen LogP) is 3.09. The fourth-order valence-corrected chi connectivity index (χ4v) is 4.03. The van der Waals surface area contributed by atoms with Crippen LogP contribution in [-0.4, -0.2) is 57.7 Å². The summed E-state index contributed by atoms with van der Waals surface area (Å²) in [7, 11) is 3.58. The van der Waals surface area contributed by atoms with E-state index in [-0.39, 0.29) is 0 Å². The van der Waals surface area contributed by atoms with Crippen LogP contribution in [0.3, 0.4) is 0 Å². The maximum absolute atomic E-state index is 5.29. The lowest BCUT2D eigenvalue weighted by Crippen LogP contribution is -2.52. The Kier molecular flexibility index (Phi) is 6.77. The molecule has 3 rings (SSSR count). The Hall–Kier alpha value is -2.21. The molecule has 1 aromatic heterocycles. The Bertz CT molecular complexity index is 694. The summed E-state index contributed by atoms with van der Waals surface area (Å²) in [4.78, 5) is 9.28. The Labute approximate surface area is 160 Å². The third-order valence-corrected chi connectivity index (χ3v) is 5.60. The van der Waals surface area contributed by atoms with Gasteiger partial charge in [0.25, 0.3) is 0 Å². The molecule has 1 aliphatic rings. The zero-order valence-corrected chi connectivity index (χ0v) is 16.5. The third-order valence-electron chi connectivity index (χ3n) is 4.67. The number of nitrogens with one attached hydrogen (secondary N) is 1. The number of piperazine rings is 1. The molecule has 5 nitrogen and oxygen atoms in total. The minimum Gasteiger partial charge on any atom is -0.497 e. The number of rotatable bonds is 6. The molecule has 0 spiro atoms. The highest BCUT2D eigenvalue weighted by Gasteiger charge is 2.19. The number of aryl methyl sites for hydroxylation is 1. The Morgan fingerprint density at radius 1 is 1.19 bits per heavy atom. The van der Waals surface area contributed by atoms with Crippen molar-refractivity contribution in [3.63, 3.8) is 0 Å². The predicted molar refractivity (Wildman–Crippen MR) is 111 cm³/mol. The molecule has 1 aromatic carbocycles. The van der Waals surface area contributed by atoms with Crippen LogP contribution in [0, 0.1) is 0 Å². The van der Waals surface area contributed by atoms with Crippen molar-refractivity contribution < 1.29 is 4.74 Å². The summed E-state index contributed by atoms with van der Waals surface area (Å²) in [5.74, 6) is 1.94. The van der Waals surface area contributed by atoms with Gasteiger partial charge >= 0.3 is 0 Å². The normalized spacial score (nSPS) is 15.2. The summed E-state index contributed by atoms with van der Waals surface area (Å²) in [5.41, 5.74) is 1.31. The van der Waals surface area contributed by atoms with E-state index >= 15 is 0 Å². The number of ether oxygens (including phenoxy) is 1. The van der Waals surface area contributed by atoms with Crippen LogP contribution in [0.25, 0.3) is 0 Å². The second-order valence-electron chi connectivity index (χ2n) is 6.35. The van der Waals surface area contributed by atoms with Gasteiger partial charge in [-0.1, -0.05) is 12.1 Å². The number of methoxy groups -OCH3 is 1. The van der Waals surface area contributed by atoms with E-state index in [1.54, 1.807) is 7.11 Å². The van der Waals surface area contributed by atoms with Crippen molar-refractivity contribution in [1.82, 2.24) is 10.2 Å². The van der Waals surface area contributed by atoms with Gasteiger partial charge in [0, 0.05) is 39.8 Å². The van der Waals surface area contributed by atoms with Crippen LogP contribution >= 0.6 is 11.3 Å². The van der Waals surface area contributed by atoms with Crippen LogP contribution in [0.2, 0.25) is 0 Å². The molecule has 0 radical (unpaired) electrons. The zero-order chi connectivity index (χ0) is 18.2. The van der Waals surface area contributed by atoms with Crippen LogP contribution in [0.15, 0.2) is 46.8 Å². The monoisotopic (exact) mass is 372 g/mol. The van der Waals surface area contributed by atoms with E-state index in [0.29, 0.717) is 0 Å². The lowest BCUT2D eigenvalue weighted by atomic mass is 10.1. The first kappa shape index (κ1) is 18.6. The highest BCUT2D eigenvalue weighted by molar-refractivity contribution is 7.14. The van der Waals surface area contributed by atoms with E-state index in [1.807, 2.05) is 30.5 Å². The summed E-state index contributed by atoms with van der Waals surface area (Å²) in [6, 6.07) is 12.6. The number of nitrogens with zero attached hydrogens (tertiary/aromatic N) is 3. The molecule has 0 bridgehead atoms. The molecular weight excluding hydrogens is 344 g/mol. The summed E-state index contributed by atoms with van der Waals surface area (Å²) >= 11 is 1.81. The van der Waals surface area contributed by atoms with E-state index in [0.717, 1.165) is 57.3 Å².